The number of phenols is 1. The molecule has 35 heavy (non-hydrogen) atoms. The molecular weight excluding hydrogens is 545 g/mol. The molecule has 15 heteroatoms. The largest absolute Gasteiger partial charge is 0.504 e. The summed E-state index contributed by atoms with van der Waals surface area (Å²) in [6, 6.07) is 6.51. The van der Waals surface area contributed by atoms with Gasteiger partial charge < -0.3 is 9.84 Å². The van der Waals surface area contributed by atoms with E-state index in [2.05, 4.69) is 10.1 Å². The summed E-state index contributed by atoms with van der Waals surface area (Å²) in [5.74, 6) is -0.750. The molecule has 0 saturated carbocycles. The molecule has 0 radical (unpaired) electrons. The molecule has 2 aromatic carbocycles. The molecule has 0 atom stereocenters. The van der Waals surface area contributed by atoms with Gasteiger partial charge >= 0.3 is 11.7 Å². The topological polar surface area (TPSA) is 83.4 Å². The number of thioether (sulfide) groups is 1. The van der Waals surface area contributed by atoms with Crippen molar-refractivity contribution in [3.05, 3.63) is 57.2 Å². The number of nitriles is 1. The normalized spacial score (nSPS) is 12.2. The number of rotatable bonds is 5. The predicted molar refractivity (Wildman–Crippen MR) is 117 cm³/mol. The Bertz CT molecular complexity index is 1330. The minimum atomic E-state index is -4.87. The van der Waals surface area contributed by atoms with Crippen molar-refractivity contribution in [1.29, 1.82) is 5.26 Å². The molecule has 3 rings (SSSR count). The van der Waals surface area contributed by atoms with Crippen molar-refractivity contribution in [3.63, 3.8) is 0 Å². The fraction of sp³-hybridized carbons (Fsp3) is 0.150. The number of halogens is 8. The van der Waals surface area contributed by atoms with Crippen molar-refractivity contribution in [2.24, 2.45) is 4.99 Å². The van der Waals surface area contributed by atoms with Crippen LogP contribution in [-0.4, -0.2) is 33.7 Å². The Balaban J connectivity index is 2.25. The van der Waals surface area contributed by atoms with Gasteiger partial charge in [0.05, 0.1) is 27.6 Å². The van der Waals surface area contributed by atoms with Crippen LogP contribution in [0.25, 0.3) is 5.69 Å². The highest BCUT2D eigenvalue weighted by molar-refractivity contribution is 8.00. The summed E-state index contributed by atoms with van der Waals surface area (Å²) < 4.78 is 84.6. The first-order valence-corrected chi connectivity index (χ1v) is 10.6. The van der Waals surface area contributed by atoms with Gasteiger partial charge in [0.15, 0.2) is 23.0 Å². The molecule has 6 nitrogen and oxygen atoms in total. The summed E-state index contributed by atoms with van der Waals surface area (Å²) in [6.07, 6.45) is -3.76. The zero-order valence-corrected chi connectivity index (χ0v) is 19.4. The first-order valence-electron chi connectivity index (χ1n) is 9.01. The van der Waals surface area contributed by atoms with Gasteiger partial charge in [0.1, 0.15) is 11.8 Å². The molecule has 0 saturated heterocycles. The van der Waals surface area contributed by atoms with Crippen LogP contribution in [0.3, 0.4) is 0 Å². The standard InChI is InChI=1S/C20H10Cl2F6N4O2S/c1-34-15-3-2-9(4-14(15)33)8-30-18-17(35-20(26,27)28)13(7-29)31-32(18)16-11(21)5-10(6-12(16)22)19(23,24)25/h2-6,8,33H,1H3. The Morgan fingerprint density at radius 1 is 1.14 bits per heavy atom. The van der Waals surface area contributed by atoms with Crippen LogP contribution >= 0.6 is 35.0 Å². The van der Waals surface area contributed by atoms with E-state index < -0.39 is 61.1 Å². The SMILES string of the molecule is COc1ccc(C=Nc2c(SC(F)(F)F)c(C#N)nn2-c2c(Cl)cc(C(F)(F)F)cc2Cl)cc1O. The van der Waals surface area contributed by atoms with E-state index in [4.69, 9.17) is 27.9 Å². The monoisotopic (exact) mass is 554 g/mol. The quantitative estimate of drug-likeness (QED) is 0.206. The first-order chi connectivity index (χ1) is 16.2. The number of hydrogen-bond acceptors (Lipinski definition) is 6. The van der Waals surface area contributed by atoms with Gasteiger partial charge in [-0.05, 0) is 47.7 Å². The third-order valence-electron chi connectivity index (χ3n) is 4.24. The maximum Gasteiger partial charge on any atom is 0.446 e. The third-order valence-corrected chi connectivity index (χ3v) is 5.63. The fourth-order valence-electron chi connectivity index (χ4n) is 2.80. The molecule has 1 heterocycles. The second-order valence-corrected chi connectivity index (χ2v) is 8.44. The highest BCUT2D eigenvalue weighted by Gasteiger charge is 2.36. The second-order valence-electron chi connectivity index (χ2n) is 6.55. The molecule has 3 aromatic rings. The van der Waals surface area contributed by atoms with Crippen LogP contribution in [-0.2, 0) is 6.18 Å². The molecule has 0 unspecified atom stereocenters. The number of alkyl halides is 6. The molecule has 0 aliphatic rings. The Kier molecular flexibility index (Phi) is 7.49. The number of phenolic OH excluding ortho intramolecular Hbond substituents is 1. The summed E-state index contributed by atoms with van der Waals surface area (Å²) >= 11 is 11.3. The van der Waals surface area contributed by atoms with Crippen LogP contribution in [0.2, 0.25) is 10.0 Å². The molecule has 0 spiro atoms. The van der Waals surface area contributed by atoms with Gasteiger partial charge in [-0.25, -0.2) is 9.67 Å². The van der Waals surface area contributed by atoms with E-state index in [1.54, 1.807) is 0 Å². The summed E-state index contributed by atoms with van der Waals surface area (Å²) in [6.45, 7) is 0. The van der Waals surface area contributed by atoms with Gasteiger partial charge in [-0.15, -0.1) is 0 Å². The number of nitrogens with zero attached hydrogens (tertiary/aromatic N) is 4. The number of methoxy groups -OCH3 is 1. The average Bonchev–Trinajstić information content (AvgIpc) is 3.06. The molecular formula is C20H10Cl2F6N4O2S. The Hall–Kier alpha value is -3.08. The van der Waals surface area contributed by atoms with Gasteiger partial charge in [-0.1, -0.05) is 23.2 Å². The summed E-state index contributed by atoms with van der Waals surface area (Å²) in [5, 5.41) is 21.8. The van der Waals surface area contributed by atoms with Crippen LogP contribution in [0.15, 0.2) is 40.2 Å². The van der Waals surface area contributed by atoms with E-state index in [-0.39, 0.29) is 17.1 Å². The van der Waals surface area contributed by atoms with Gasteiger partial charge in [-0.3, -0.25) is 0 Å². The number of hydrogen-bond donors (Lipinski definition) is 1. The maximum atomic E-state index is 13.2. The van der Waals surface area contributed by atoms with Crippen LogP contribution in [0.1, 0.15) is 16.8 Å². The zero-order valence-electron chi connectivity index (χ0n) is 17.0. The number of ether oxygens (including phenoxy) is 1. The first kappa shape index (κ1) is 26.5. The van der Waals surface area contributed by atoms with E-state index in [0.29, 0.717) is 16.8 Å². The maximum absolute atomic E-state index is 13.2. The van der Waals surface area contributed by atoms with Crippen molar-refractivity contribution >= 4 is 47.0 Å². The van der Waals surface area contributed by atoms with Crippen LogP contribution in [0, 0.1) is 11.3 Å². The van der Waals surface area contributed by atoms with Crippen molar-refractivity contribution in [2.45, 2.75) is 16.6 Å². The lowest BCUT2D eigenvalue weighted by atomic mass is 10.2. The lowest BCUT2D eigenvalue weighted by Crippen LogP contribution is -2.07. The summed E-state index contributed by atoms with van der Waals surface area (Å²) in [4.78, 5) is 3.23. The number of aromatic nitrogens is 2. The summed E-state index contributed by atoms with van der Waals surface area (Å²) in [7, 11) is 1.31. The molecule has 184 valence electrons. The Labute approximate surface area is 207 Å². The van der Waals surface area contributed by atoms with Crippen molar-refractivity contribution < 1.29 is 36.2 Å². The zero-order chi connectivity index (χ0) is 26.1. The Morgan fingerprint density at radius 2 is 1.77 bits per heavy atom. The lowest BCUT2D eigenvalue weighted by Gasteiger charge is -2.13. The van der Waals surface area contributed by atoms with E-state index in [9.17, 15) is 36.7 Å². The third kappa shape index (κ3) is 5.95. The van der Waals surface area contributed by atoms with Crippen molar-refractivity contribution in [1.82, 2.24) is 9.78 Å². The highest BCUT2D eigenvalue weighted by Crippen LogP contribution is 2.46. The molecule has 1 N–H and O–H groups in total. The van der Waals surface area contributed by atoms with Gasteiger partial charge in [0.25, 0.3) is 0 Å². The van der Waals surface area contributed by atoms with E-state index >= 15 is 0 Å². The minimum Gasteiger partial charge on any atom is -0.504 e. The fourth-order valence-corrected chi connectivity index (χ4v) is 4.09. The number of benzene rings is 2. The minimum absolute atomic E-state index is 0.121. The Morgan fingerprint density at radius 3 is 2.26 bits per heavy atom. The van der Waals surface area contributed by atoms with Gasteiger partial charge in [0, 0.05) is 6.21 Å². The van der Waals surface area contributed by atoms with E-state index in [1.807, 2.05) is 0 Å². The molecule has 0 fully saturated rings. The van der Waals surface area contributed by atoms with Gasteiger partial charge in [-0.2, -0.15) is 36.7 Å². The number of aliphatic imine (C=N–C) groups is 1. The lowest BCUT2D eigenvalue weighted by molar-refractivity contribution is -0.137. The van der Waals surface area contributed by atoms with E-state index in [0.717, 1.165) is 6.21 Å². The van der Waals surface area contributed by atoms with Crippen LogP contribution in [0.5, 0.6) is 11.5 Å². The smallest absolute Gasteiger partial charge is 0.446 e. The molecule has 0 amide bonds. The second kappa shape index (κ2) is 9.88. The van der Waals surface area contributed by atoms with Crippen LogP contribution < -0.4 is 4.74 Å². The van der Waals surface area contributed by atoms with Crippen molar-refractivity contribution in [3.8, 4) is 23.3 Å². The van der Waals surface area contributed by atoms with E-state index in [1.165, 1.54) is 31.4 Å². The van der Waals surface area contributed by atoms with Crippen molar-refractivity contribution in [2.75, 3.05) is 7.11 Å². The predicted octanol–water partition coefficient (Wildman–Crippen LogP) is 7.15. The summed E-state index contributed by atoms with van der Waals surface area (Å²) in [5.41, 5.74) is -6.99. The average molecular weight is 555 g/mol. The van der Waals surface area contributed by atoms with Crippen LogP contribution in [0.4, 0.5) is 32.2 Å². The molecule has 0 aliphatic carbocycles. The highest BCUT2D eigenvalue weighted by atomic mass is 35.5. The number of aromatic hydroxyl groups is 1. The molecule has 0 bridgehead atoms. The van der Waals surface area contributed by atoms with Gasteiger partial charge in [0.2, 0.25) is 0 Å². The molecule has 0 aliphatic heterocycles. The molecule has 1 aromatic heterocycles.